The number of carbonyl (C=O) groups excluding carboxylic acids is 3. The average molecular weight is 483 g/mol. The molecule has 0 saturated carbocycles. The first kappa shape index (κ1) is 23.4. The Morgan fingerprint density at radius 1 is 1.09 bits per heavy atom. The first-order chi connectivity index (χ1) is 16.3. The second kappa shape index (κ2) is 9.64. The summed E-state index contributed by atoms with van der Waals surface area (Å²) < 4.78 is 0. The van der Waals surface area contributed by atoms with Gasteiger partial charge >= 0.3 is 0 Å². The quantitative estimate of drug-likeness (QED) is 0.264. The molecule has 2 N–H and O–H groups in total. The average Bonchev–Trinajstić information content (AvgIpc) is 3.06. The highest BCUT2D eigenvalue weighted by atomic mass is 35.5. The standard InChI is InChI=1S/C24H23ClN4O5/c1-14-6-7-15(25)12-21(14)27-22(30)19-13-16(29(33)34)8-9-20(19)26-10-11-28-23(31)17-4-2-3-5-18(17)24(28)32/h2-3,6-9,12-13,17-18,26H,4-5,10-11H2,1H3,(H,27,30). The molecule has 176 valence electrons. The van der Waals surface area contributed by atoms with E-state index in [4.69, 9.17) is 11.6 Å². The predicted molar refractivity (Wildman–Crippen MR) is 128 cm³/mol. The van der Waals surface area contributed by atoms with Crippen LogP contribution >= 0.6 is 11.6 Å². The van der Waals surface area contributed by atoms with Crippen molar-refractivity contribution in [2.75, 3.05) is 23.7 Å². The molecule has 2 atom stereocenters. The van der Waals surface area contributed by atoms with E-state index in [2.05, 4.69) is 10.6 Å². The number of nitrogens with zero attached hydrogens (tertiary/aromatic N) is 2. The molecule has 1 heterocycles. The van der Waals surface area contributed by atoms with Gasteiger partial charge in [-0.05, 0) is 43.5 Å². The highest BCUT2D eigenvalue weighted by Crippen LogP contribution is 2.35. The highest BCUT2D eigenvalue weighted by Gasteiger charge is 2.46. The van der Waals surface area contributed by atoms with Crippen LogP contribution in [-0.4, -0.2) is 40.6 Å². The first-order valence-electron chi connectivity index (χ1n) is 10.9. The number of amides is 3. The molecule has 2 unspecified atom stereocenters. The lowest BCUT2D eigenvalue weighted by atomic mass is 9.85. The predicted octanol–water partition coefficient (Wildman–Crippen LogP) is 4.17. The molecule has 0 radical (unpaired) electrons. The van der Waals surface area contributed by atoms with Crippen molar-refractivity contribution >= 4 is 46.4 Å². The van der Waals surface area contributed by atoms with Gasteiger partial charge in [-0.1, -0.05) is 29.8 Å². The Kier molecular flexibility index (Phi) is 6.65. The molecule has 1 aliphatic carbocycles. The number of nitrogens with one attached hydrogen (secondary N) is 2. The molecule has 34 heavy (non-hydrogen) atoms. The number of carbonyl (C=O) groups is 3. The number of benzene rings is 2. The molecule has 9 nitrogen and oxygen atoms in total. The van der Waals surface area contributed by atoms with Gasteiger partial charge in [0.2, 0.25) is 11.8 Å². The smallest absolute Gasteiger partial charge is 0.270 e. The molecule has 2 aromatic rings. The van der Waals surface area contributed by atoms with Crippen molar-refractivity contribution in [1.82, 2.24) is 4.90 Å². The number of hydrogen-bond acceptors (Lipinski definition) is 6. The fourth-order valence-corrected chi connectivity index (χ4v) is 4.47. The third-order valence-corrected chi connectivity index (χ3v) is 6.39. The summed E-state index contributed by atoms with van der Waals surface area (Å²) in [7, 11) is 0. The van der Waals surface area contributed by atoms with Crippen molar-refractivity contribution in [3.63, 3.8) is 0 Å². The minimum absolute atomic E-state index is 0.0607. The normalized spacial score (nSPS) is 19.2. The van der Waals surface area contributed by atoms with E-state index in [0.29, 0.717) is 29.2 Å². The molecule has 0 bridgehead atoms. The van der Waals surface area contributed by atoms with Crippen LogP contribution in [0.1, 0.15) is 28.8 Å². The van der Waals surface area contributed by atoms with E-state index in [9.17, 15) is 24.5 Å². The molecule has 2 aromatic carbocycles. The third kappa shape index (κ3) is 4.65. The van der Waals surface area contributed by atoms with Crippen LogP contribution in [0.15, 0.2) is 48.6 Å². The van der Waals surface area contributed by atoms with E-state index in [-0.39, 0.29) is 48.0 Å². The van der Waals surface area contributed by atoms with E-state index in [1.54, 1.807) is 25.1 Å². The molecule has 4 rings (SSSR count). The number of rotatable bonds is 7. The van der Waals surface area contributed by atoms with Crippen LogP contribution in [-0.2, 0) is 9.59 Å². The Labute approximate surface area is 200 Å². The zero-order valence-electron chi connectivity index (χ0n) is 18.4. The lowest BCUT2D eigenvalue weighted by Crippen LogP contribution is -2.35. The van der Waals surface area contributed by atoms with Crippen molar-refractivity contribution in [2.45, 2.75) is 19.8 Å². The Balaban J connectivity index is 1.50. The summed E-state index contributed by atoms with van der Waals surface area (Å²) in [6.07, 6.45) is 4.98. The van der Waals surface area contributed by atoms with Crippen molar-refractivity contribution in [3.8, 4) is 0 Å². The Morgan fingerprint density at radius 3 is 2.41 bits per heavy atom. The monoisotopic (exact) mass is 482 g/mol. The molecule has 0 aromatic heterocycles. The van der Waals surface area contributed by atoms with Crippen LogP contribution in [0.2, 0.25) is 5.02 Å². The summed E-state index contributed by atoms with van der Waals surface area (Å²) in [6.45, 7) is 2.13. The fraction of sp³-hybridized carbons (Fsp3) is 0.292. The molecule has 10 heteroatoms. The third-order valence-electron chi connectivity index (χ3n) is 6.16. The summed E-state index contributed by atoms with van der Waals surface area (Å²) in [4.78, 5) is 50.3. The van der Waals surface area contributed by atoms with Gasteiger partial charge in [-0.25, -0.2) is 0 Å². The molecule has 3 amide bonds. The van der Waals surface area contributed by atoms with Gasteiger partial charge < -0.3 is 10.6 Å². The summed E-state index contributed by atoms with van der Waals surface area (Å²) >= 11 is 6.03. The van der Waals surface area contributed by atoms with E-state index >= 15 is 0 Å². The number of fused-ring (bicyclic) bond motifs is 1. The maximum Gasteiger partial charge on any atom is 0.270 e. The second-order valence-electron chi connectivity index (χ2n) is 8.31. The van der Waals surface area contributed by atoms with Gasteiger partial charge in [-0.2, -0.15) is 0 Å². The summed E-state index contributed by atoms with van der Waals surface area (Å²) in [5.74, 6) is -1.53. The van der Waals surface area contributed by atoms with Crippen molar-refractivity contribution in [3.05, 3.63) is 74.8 Å². The SMILES string of the molecule is Cc1ccc(Cl)cc1NC(=O)c1cc([N+](=O)[O-])ccc1NCCN1C(=O)C2CC=CCC2C1=O. The van der Waals surface area contributed by atoms with Crippen LogP contribution in [0.4, 0.5) is 17.1 Å². The summed E-state index contributed by atoms with van der Waals surface area (Å²) in [5.41, 5.74) is 1.44. The Morgan fingerprint density at radius 2 is 1.76 bits per heavy atom. The van der Waals surface area contributed by atoms with Crippen LogP contribution in [0.3, 0.4) is 0 Å². The van der Waals surface area contributed by atoms with E-state index in [1.165, 1.54) is 23.1 Å². The minimum atomic E-state index is -0.581. The van der Waals surface area contributed by atoms with Gasteiger partial charge in [0.05, 0.1) is 22.3 Å². The van der Waals surface area contributed by atoms with Crippen molar-refractivity contribution < 1.29 is 19.3 Å². The van der Waals surface area contributed by atoms with Gasteiger partial charge in [-0.3, -0.25) is 29.4 Å². The van der Waals surface area contributed by atoms with E-state index in [1.807, 2.05) is 12.2 Å². The van der Waals surface area contributed by atoms with Crippen molar-refractivity contribution in [2.24, 2.45) is 11.8 Å². The van der Waals surface area contributed by atoms with Gasteiger partial charge in [0.15, 0.2) is 0 Å². The molecular weight excluding hydrogens is 460 g/mol. The molecule has 1 saturated heterocycles. The lowest BCUT2D eigenvalue weighted by molar-refractivity contribution is -0.384. The number of anilines is 2. The number of non-ortho nitro benzene ring substituents is 1. The van der Waals surface area contributed by atoms with Crippen molar-refractivity contribution in [1.29, 1.82) is 0 Å². The van der Waals surface area contributed by atoms with Crippen LogP contribution in [0.5, 0.6) is 0 Å². The molecule has 2 aliphatic rings. The molecule has 1 fully saturated rings. The first-order valence-corrected chi connectivity index (χ1v) is 11.2. The number of imide groups is 1. The van der Waals surface area contributed by atoms with E-state index < -0.39 is 10.8 Å². The number of likely N-dealkylation sites (tertiary alicyclic amines) is 1. The van der Waals surface area contributed by atoms with Gasteiger partial charge in [0.25, 0.3) is 11.6 Å². The number of halogens is 1. The van der Waals surface area contributed by atoms with E-state index in [0.717, 1.165) is 5.56 Å². The summed E-state index contributed by atoms with van der Waals surface area (Å²) in [5, 5.41) is 17.5. The second-order valence-corrected chi connectivity index (χ2v) is 8.75. The Bertz CT molecular complexity index is 1190. The molecule has 0 spiro atoms. The molecule has 1 aliphatic heterocycles. The number of hydrogen-bond donors (Lipinski definition) is 2. The fourth-order valence-electron chi connectivity index (χ4n) is 4.30. The topological polar surface area (TPSA) is 122 Å². The molecular formula is C24H23ClN4O5. The number of nitro benzene ring substituents is 1. The Hall–Kier alpha value is -3.72. The minimum Gasteiger partial charge on any atom is -0.383 e. The zero-order valence-corrected chi connectivity index (χ0v) is 19.2. The van der Waals surface area contributed by atoms with Crippen LogP contribution in [0, 0.1) is 28.9 Å². The summed E-state index contributed by atoms with van der Waals surface area (Å²) in [6, 6.07) is 8.95. The largest absolute Gasteiger partial charge is 0.383 e. The maximum absolute atomic E-state index is 13.0. The van der Waals surface area contributed by atoms with Gasteiger partial charge in [0, 0.05) is 41.6 Å². The number of allylic oxidation sites excluding steroid dienone is 2. The van der Waals surface area contributed by atoms with Crippen LogP contribution < -0.4 is 10.6 Å². The zero-order chi connectivity index (χ0) is 24.4. The maximum atomic E-state index is 13.0. The van der Waals surface area contributed by atoms with Gasteiger partial charge in [0.1, 0.15) is 0 Å². The number of nitro groups is 1. The number of aryl methyl sites for hydroxylation is 1. The van der Waals surface area contributed by atoms with Gasteiger partial charge in [-0.15, -0.1) is 0 Å². The lowest BCUT2D eigenvalue weighted by Gasteiger charge is -2.17. The highest BCUT2D eigenvalue weighted by molar-refractivity contribution is 6.31. The van der Waals surface area contributed by atoms with Crippen LogP contribution in [0.25, 0.3) is 0 Å².